The van der Waals surface area contributed by atoms with Crippen molar-refractivity contribution in [3.63, 3.8) is 0 Å². The summed E-state index contributed by atoms with van der Waals surface area (Å²) in [5.74, 6) is 2.41. The predicted octanol–water partition coefficient (Wildman–Crippen LogP) is 1.92. The minimum absolute atomic E-state index is 0.124. The van der Waals surface area contributed by atoms with Crippen molar-refractivity contribution in [1.29, 1.82) is 0 Å². The molecule has 1 aromatic rings. The number of ether oxygens (including phenoxy) is 2. The third kappa shape index (κ3) is 3.25. The molecule has 0 aliphatic carbocycles. The number of para-hydroxylation sites is 2. The summed E-state index contributed by atoms with van der Waals surface area (Å²) in [4.78, 5) is 2.45. The number of aliphatic hydroxyl groups is 1. The molecular formula is C16H23NO3. The van der Waals surface area contributed by atoms with Gasteiger partial charge in [-0.2, -0.15) is 0 Å². The second-order valence-corrected chi connectivity index (χ2v) is 5.75. The maximum Gasteiger partial charge on any atom is 0.161 e. The van der Waals surface area contributed by atoms with Crippen LogP contribution in [0.1, 0.15) is 19.3 Å². The van der Waals surface area contributed by atoms with E-state index in [0.29, 0.717) is 19.1 Å². The fraction of sp³-hybridized carbons (Fsp3) is 0.625. The van der Waals surface area contributed by atoms with Gasteiger partial charge in [-0.3, -0.25) is 4.90 Å². The number of rotatable bonds is 4. The lowest BCUT2D eigenvalue weighted by atomic mass is 9.94. The first-order valence-corrected chi connectivity index (χ1v) is 7.57. The molecule has 2 aliphatic rings. The zero-order valence-corrected chi connectivity index (χ0v) is 11.8. The molecule has 0 saturated carbocycles. The molecule has 0 spiro atoms. The van der Waals surface area contributed by atoms with Crippen molar-refractivity contribution >= 4 is 0 Å². The van der Waals surface area contributed by atoms with Crippen LogP contribution in [0.25, 0.3) is 0 Å². The van der Waals surface area contributed by atoms with Gasteiger partial charge in [0.15, 0.2) is 11.5 Å². The van der Waals surface area contributed by atoms with Gasteiger partial charge in [-0.25, -0.2) is 0 Å². The normalized spacial score (nSPS) is 23.8. The van der Waals surface area contributed by atoms with E-state index in [1.165, 1.54) is 12.8 Å². The molecule has 4 nitrogen and oxygen atoms in total. The predicted molar refractivity (Wildman–Crippen MR) is 77.2 cm³/mol. The Balaban J connectivity index is 1.48. The van der Waals surface area contributed by atoms with Crippen molar-refractivity contribution in [2.45, 2.75) is 25.4 Å². The highest BCUT2D eigenvalue weighted by Gasteiger charge is 2.25. The fourth-order valence-corrected chi connectivity index (χ4v) is 3.08. The minimum Gasteiger partial charge on any atom is -0.486 e. The quantitative estimate of drug-likeness (QED) is 0.913. The van der Waals surface area contributed by atoms with Crippen molar-refractivity contribution in [3.05, 3.63) is 24.3 Å². The van der Waals surface area contributed by atoms with Crippen molar-refractivity contribution < 1.29 is 14.6 Å². The third-order valence-corrected chi connectivity index (χ3v) is 4.27. The first-order valence-electron chi connectivity index (χ1n) is 7.57. The van der Waals surface area contributed by atoms with Gasteiger partial charge in [-0.1, -0.05) is 12.1 Å². The van der Waals surface area contributed by atoms with E-state index in [0.717, 1.165) is 37.6 Å². The molecule has 0 amide bonds. The Morgan fingerprint density at radius 1 is 1.15 bits per heavy atom. The van der Waals surface area contributed by atoms with Gasteiger partial charge in [0, 0.05) is 13.2 Å². The van der Waals surface area contributed by atoms with Crippen LogP contribution in [0.15, 0.2) is 24.3 Å². The molecule has 0 aromatic heterocycles. The SMILES string of the molecule is OCCC1CCN(C[C@@H]2COc3ccccc3O2)CC1. The molecular weight excluding hydrogens is 254 g/mol. The van der Waals surface area contributed by atoms with E-state index in [9.17, 15) is 0 Å². The summed E-state index contributed by atoms with van der Waals surface area (Å²) in [6.45, 7) is 4.09. The summed E-state index contributed by atoms with van der Waals surface area (Å²) in [5.41, 5.74) is 0. The standard InChI is InChI=1S/C16H23NO3/c18-10-7-13-5-8-17(9-6-13)11-14-12-19-15-3-1-2-4-16(15)20-14/h1-4,13-14,18H,5-12H2/t14-/m1/s1. The zero-order valence-electron chi connectivity index (χ0n) is 11.8. The van der Waals surface area contributed by atoms with Gasteiger partial charge in [0.25, 0.3) is 0 Å². The van der Waals surface area contributed by atoms with Crippen molar-refractivity contribution in [2.75, 3.05) is 32.8 Å². The second kappa shape index (κ2) is 6.46. The van der Waals surface area contributed by atoms with Gasteiger partial charge >= 0.3 is 0 Å². The molecule has 1 aromatic carbocycles. The first kappa shape index (κ1) is 13.7. The Morgan fingerprint density at radius 3 is 2.65 bits per heavy atom. The van der Waals surface area contributed by atoms with Crippen LogP contribution in [0.2, 0.25) is 0 Å². The van der Waals surface area contributed by atoms with Gasteiger partial charge in [0.2, 0.25) is 0 Å². The first-order chi connectivity index (χ1) is 9.85. The van der Waals surface area contributed by atoms with E-state index < -0.39 is 0 Å². The largest absolute Gasteiger partial charge is 0.486 e. The lowest BCUT2D eigenvalue weighted by molar-refractivity contribution is 0.0460. The summed E-state index contributed by atoms with van der Waals surface area (Å²) in [7, 11) is 0. The lowest BCUT2D eigenvalue weighted by Gasteiger charge is -2.35. The maximum atomic E-state index is 8.99. The summed E-state index contributed by atoms with van der Waals surface area (Å²) in [6.07, 6.45) is 3.44. The van der Waals surface area contributed by atoms with Gasteiger partial charge in [-0.15, -0.1) is 0 Å². The van der Waals surface area contributed by atoms with E-state index in [1.807, 2.05) is 24.3 Å². The summed E-state index contributed by atoms with van der Waals surface area (Å²) in [5, 5.41) is 8.99. The number of fused-ring (bicyclic) bond motifs is 1. The molecule has 0 unspecified atom stereocenters. The Kier molecular flexibility index (Phi) is 4.43. The van der Waals surface area contributed by atoms with Crippen LogP contribution >= 0.6 is 0 Å². The average Bonchev–Trinajstić information content (AvgIpc) is 2.49. The van der Waals surface area contributed by atoms with Crippen LogP contribution in [0, 0.1) is 5.92 Å². The zero-order chi connectivity index (χ0) is 13.8. The minimum atomic E-state index is 0.124. The monoisotopic (exact) mass is 277 g/mol. The fourth-order valence-electron chi connectivity index (χ4n) is 3.08. The smallest absolute Gasteiger partial charge is 0.161 e. The molecule has 2 heterocycles. The Labute approximate surface area is 120 Å². The van der Waals surface area contributed by atoms with Crippen LogP contribution < -0.4 is 9.47 Å². The molecule has 0 radical (unpaired) electrons. The molecule has 20 heavy (non-hydrogen) atoms. The van der Waals surface area contributed by atoms with E-state index in [2.05, 4.69) is 4.90 Å². The number of hydrogen-bond donors (Lipinski definition) is 1. The summed E-state index contributed by atoms with van der Waals surface area (Å²) >= 11 is 0. The molecule has 1 N–H and O–H groups in total. The van der Waals surface area contributed by atoms with Gasteiger partial charge in [-0.05, 0) is 50.4 Å². The molecule has 3 rings (SSSR count). The molecule has 110 valence electrons. The van der Waals surface area contributed by atoms with E-state index >= 15 is 0 Å². The Morgan fingerprint density at radius 2 is 1.90 bits per heavy atom. The number of hydrogen-bond acceptors (Lipinski definition) is 4. The second-order valence-electron chi connectivity index (χ2n) is 5.75. The molecule has 1 fully saturated rings. The molecule has 1 atom stereocenters. The Hall–Kier alpha value is -1.26. The van der Waals surface area contributed by atoms with Crippen LogP contribution in [0.5, 0.6) is 11.5 Å². The molecule has 1 saturated heterocycles. The van der Waals surface area contributed by atoms with Crippen LogP contribution in [0.3, 0.4) is 0 Å². The summed E-state index contributed by atoms with van der Waals surface area (Å²) in [6, 6.07) is 7.86. The number of likely N-dealkylation sites (tertiary alicyclic amines) is 1. The van der Waals surface area contributed by atoms with Crippen LogP contribution in [-0.4, -0.2) is 49.0 Å². The van der Waals surface area contributed by atoms with Crippen molar-refractivity contribution in [1.82, 2.24) is 4.90 Å². The number of nitrogens with zero attached hydrogens (tertiary/aromatic N) is 1. The van der Waals surface area contributed by atoms with E-state index in [-0.39, 0.29) is 6.10 Å². The summed E-state index contributed by atoms with van der Waals surface area (Å²) < 4.78 is 11.8. The van der Waals surface area contributed by atoms with Crippen LogP contribution in [-0.2, 0) is 0 Å². The molecule has 2 aliphatic heterocycles. The molecule has 0 bridgehead atoms. The van der Waals surface area contributed by atoms with Crippen molar-refractivity contribution in [2.24, 2.45) is 5.92 Å². The Bertz CT molecular complexity index is 429. The number of aliphatic hydroxyl groups excluding tert-OH is 1. The molecule has 4 heteroatoms. The van der Waals surface area contributed by atoms with Crippen LogP contribution in [0.4, 0.5) is 0 Å². The van der Waals surface area contributed by atoms with Gasteiger partial charge in [0.05, 0.1) is 0 Å². The average molecular weight is 277 g/mol. The topological polar surface area (TPSA) is 41.9 Å². The highest BCUT2D eigenvalue weighted by molar-refractivity contribution is 5.40. The maximum absolute atomic E-state index is 8.99. The number of benzene rings is 1. The van der Waals surface area contributed by atoms with E-state index in [4.69, 9.17) is 14.6 Å². The highest BCUT2D eigenvalue weighted by atomic mass is 16.6. The highest BCUT2D eigenvalue weighted by Crippen LogP contribution is 2.31. The van der Waals surface area contributed by atoms with E-state index in [1.54, 1.807) is 0 Å². The number of piperidine rings is 1. The van der Waals surface area contributed by atoms with Crippen molar-refractivity contribution in [3.8, 4) is 11.5 Å². The lowest BCUT2D eigenvalue weighted by Crippen LogP contribution is -2.44. The van der Waals surface area contributed by atoms with Gasteiger partial charge < -0.3 is 14.6 Å². The van der Waals surface area contributed by atoms with Gasteiger partial charge in [0.1, 0.15) is 12.7 Å². The third-order valence-electron chi connectivity index (χ3n) is 4.27.